The Bertz CT molecular complexity index is 1330. The Balaban J connectivity index is 1.84. The van der Waals surface area contributed by atoms with E-state index in [9.17, 15) is 9.59 Å². The van der Waals surface area contributed by atoms with Crippen molar-refractivity contribution in [2.24, 2.45) is 0 Å². The summed E-state index contributed by atoms with van der Waals surface area (Å²) in [5.41, 5.74) is 3.37. The Morgan fingerprint density at radius 1 is 0.931 bits per heavy atom. The van der Waals surface area contributed by atoms with Crippen LogP contribution in [0.5, 0.6) is 0 Å². The van der Waals surface area contributed by atoms with Crippen LogP contribution in [-0.2, 0) is 0 Å². The van der Waals surface area contributed by atoms with E-state index >= 15 is 0 Å². The first kappa shape index (κ1) is 17.4. The first-order valence-electron chi connectivity index (χ1n) is 9.43. The van der Waals surface area contributed by atoms with E-state index < -0.39 is 6.04 Å². The summed E-state index contributed by atoms with van der Waals surface area (Å²) in [6.45, 7) is 3.87. The molecular formula is C24H18N2O3. The van der Waals surface area contributed by atoms with Crippen molar-refractivity contribution in [2.75, 3.05) is 4.90 Å². The van der Waals surface area contributed by atoms with Crippen LogP contribution < -0.4 is 10.3 Å². The highest BCUT2D eigenvalue weighted by atomic mass is 16.3. The normalized spacial score (nSPS) is 15.7. The number of nitrogens with zero attached hydrogens (tertiary/aromatic N) is 2. The second kappa shape index (κ2) is 6.41. The van der Waals surface area contributed by atoms with E-state index in [2.05, 4.69) is 4.98 Å². The van der Waals surface area contributed by atoms with E-state index in [0.29, 0.717) is 22.4 Å². The molecule has 0 radical (unpaired) electrons. The number of aryl methyl sites for hydroxylation is 2. The van der Waals surface area contributed by atoms with Gasteiger partial charge in [-0.3, -0.25) is 14.5 Å². The predicted molar refractivity (Wildman–Crippen MR) is 111 cm³/mol. The van der Waals surface area contributed by atoms with Gasteiger partial charge in [0.2, 0.25) is 5.76 Å². The van der Waals surface area contributed by atoms with Gasteiger partial charge in [0.05, 0.1) is 17.0 Å². The van der Waals surface area contributed by atoms with Gasteiger partial charge in [-0.1, -0.05) is 42.0 Å². The molecular weight excluding hydrogens is 364 g/mol. The lowest BCUT2D eigenvalue weighted by Gasteiger charge is -2.24. The molecule has 1 aliphatic heterocycles. The first-order valence-corrected chi connectivity index (χ1v) is 9.43. The monoisotopic (exact) mass is 382 g/mol. The number of pyridine rings is 1. The molecule has 29 heavy (non-hydrogen) atoms. The van der Waals surface area contributed by atoms with Gasteiger partial charge in [0, 0.05) is 6.20 Å². The quantitative estimate of drug-likeness (QED) is 0.510. The maximum absolute atomic E-state index is 13.5. The summed E-state index contributed by atoms with van der Waals surface area (Å²) in [6, 6.07) is 18.1. The van der Waals surface area contributed by atoms with Crippen LogP contribution in [0.4, 0.5) is 5.82 Å². The number of hydrogen-bond donors (Lipinski definition) is 0. The van der Waals surface area contributed by atoms with E-state index in [1.54, 1.807) is 17.2 Å². The maximum Gasteiger partial charge on any atom is 0.296 e. The Morgan fingerprint density at radius 2 is 1.69 bits per heavy atom. The van der Waals surface area contributed by atoms with Gasteiger partial charge < -0.3 is 4.42 Å². The van der Waals surface area contributed by atoms with Gasteiger partial charge in [0.1, 0.15) is 11.4 Å². The van der Waals surface area contributed by atoms with Gasteiger partial charge >= 0.3 is 0 Å². The molecule has 5 rings (SSSR count). The zero-order valence-corrected chi connectivity index (χ0v) is 16.0. The Kier molecular flexibility index (Phi) is 3.84. The second-order valence-corrected chi connectivity index (χ2v) is 7.35. The summed E-state index contributed by atoms with van der Waals surface area (Å²) < 4.78 is 5.97. The van der Waals surface area contributed by atoms with Crippen LogP contribution in [0, 0.1) is 13.8 Å². The van der Waals surface area contributed by atoms with Crippen LogP contribution in [0.1, 0.15) is 38.9 Å². The fourth-order valence-corrected chi connectivity index (χ4v) is 3.93. The summed E-state index contributed by atoms with van der Waals surface area (Å²) in [5, 5.41) is 0.483. The average Bonchev–Trinajstić information content (AvgIpc) is 3.02. The molecule has 0 saturated heterocycles. The molecule has 1 amide bonds. The molecule has 5 nitrogen and oxygen atoms in total. The van der Waals surface area contributed by atoms with Crippen LogP contribution >= 0.6 is 0 Å². The summed E-state index contributed by atoms with van der Waals surface area (Å²) in [7, 11) is 0. The summed E-state index contributed by atoms with van der Waals surface area (Å²) in [4.78, 5) is 32.9. The Morgan fingerprint density at radius 3 is 2.45 bits per heavy atom. The van der Waals surface area contributed by atoms with Gasteiger partial charge in [-0.15, -0.1) is 0 Å². The molecule has 3 heterocycles. The van der Waals surface area contributed by atoms with Gasteiger partial charge in [0.15, 0.2) is 5.43 Å². The molecule has 142 valence electrons. The largest absolute Gasteiger partial charge is 0.450 e. The van der Waals surface area contributed by atoms with E-state index in [0.717, 1.165) is 16.7 Å². The Labute approximate surface area is 167 Å². The van der Waals surface area contributed by atoms with Crippen LogP contribution in [0.25, 0.3) is 11.0 Å². The van der Waals surface area contributed by atoms with Gasteiger partial charge in [-0.25, -0.2) is 4.98 Å². The molecule has 0 fully saturated rings. The third kappa shape index (κ3) is 2.66. The number of hydrogen-bond acceptors (Lipinski definition) is 4. The molecule has 0 bridgehead atoms. The van der Waals surface area contributed by atoms with Gasteiger partial charge in [0.25, 0.3) is 5.91 Å². The van der Waals surface area contributed by atoms with Crippen molar-refractivity contribution in [1.82, 2.24) is 4.98 Å². The van der Waals surface area contributed by atoms with Crippen LogP contribution in [0.15, 0.2) is 76.1 Å². The second-order valence-electron chi connectivity index (χ2n) is 7.35. The maximum atomic E-state index is 13.5. The van der Waals surface area contributed by atoms with E-state index in [4.69, 9.17) is 4.42 Å². The van der Waals surface area contributed by atoms with Crippen molar-refractivity contribution in [2.45, 2.75) is 19.9 Å². The lowest BCUT2D eigenvalue weighted by Crippen LogP contribution is -2.30. The lowest BCUT2D eigenvalue weighted by molar-refractivity contribution is 0.0970. The number of fused-ring (bicyclic) bond motifs is 2. The molecule has 1 atom stereocenters. The number of aromatic nitrogens is 1. The molecule has 0 spiro atoms. The number of benzene rings is 2. The first-order chi connectivity index (χ1) is 14.0. The van der Waals surface area contributed by atoms with Crippen molar-refractivity contribution < 1.29 is 9.21 Å². The van der Waals surface area contributed by atoms with Crippen LogP contribution in [-0.4, -0.2) is 10.9 Å². The molecule has 5 heteroatoms. The summed E-state index contributed by atoms with van der Waals surface area (Å²) >= 11 is 0. The highest BCUT2D eigenvalue weighted by Gasteiger charge is 2.44. The third-order valence-electron chi connectivity index (χ3n) is 5.29. The molecule has 4 aromatic rings. The molecule has 0 unspecified atom stereocenters. The minimum Gasteiger partial charge on any atom is -0.450 e. The van der Waals surface area contributed by atoms with Crippen molar-refractivity contribution in [3.63, 3.8) is 0 Å². The van der Waals surface area contributed by atoms with Crippen molar-refractivity contribution >= 4 is 22.7 Å². The minimum atomic E-state index is -0.589. The van der Waals surface area contributed by atoms with Crippen molar-refractivity contribution in [3.05, 3.63) is 105 Å². The highest BCUT2D eigenvalue weighted by Crippen LogP contribution is 2.40. The fourth-order valence-electron chi connectivity index (χ4n) is 3.93. The summed E-state index contributed by atoms with van der Waals surface area (Å²) in [5.74, 6) is 0.227. The molecule has 2 aromatic carbocycles. The SMILES string of the molecule is Cc1ccnc(N2C(=O)c3oc4ccc(C)cc4c(=O)c3[C@@H]2c2ccccc2)c1. The molecule has 0 aliphatic carbocycles. The van der Waals surface area contributed by atoms with Gasteiger partial charge in [-0.2, -0.15) is 0 Å². The smallest absolute Gasteiger partial charge is 0.296 e. The average molecular weight is 382 g/mol. The Hall–Kier alpha value is -3.73. The molecule has 1 aliphatic rings. The fraction of sp³-hybridized carbons (Fsp3) is 0.125. The van der Waals surface area contributed by atoms with E-state index in [-0.39, 0.29) is 17.1 Å². The van der Waals surface area contributed by atoms with Crippen molar-refractivity contribution in [1.29, 1.82) is 0 Å². The van der Waals surface area contributed by atoms with Crippen molar-refractivity contribution in [3.8, 4) is 0 Å². The van der Waals surface area contributed by atoms with Crippen LogP contribution in [0.2, 0.25) is 0 Å². The lowest BCUT2D eigenvalue weighted by atomic mass is 9.98. The molecule has 2 aromatic heterocycles. The number of rotatable bonds is 2. The van der Waals surface area contributed by atoms with Gasteiger partial charge in [-0.05, 0) is 49.2 Å². The van der Waals surface area contributed by atoms with E-state index in [1.807, 2.05) is 68.4 Å². The van der Waals surface area contributed by atoms with E-state index in [1.165, 1.54) is 0 Å². The standard InChI is InChI=1S/C24H18N2O3/c1-14-8-9-18-17(12-14)22(27)20-21(16-6-4-3-5-7-16)26(24(28)23(20)29-18)19-13-15(2)10-11-25-19/h3-13,21H,1-2H3/t21-/m0/s1. The number of carbonyl (C=O) groups is 1. The minimum absolute atomic E-state index is 0.0866. The summed E-state index contributed by atoms with van der Waals surface area (Å²) in [6.07, 6.45) is 1.66. The predicted octanol–water partition coefficient (Wildman–Crippen LogP) is 4.55. The van der Waals surface area contributed by atoms with Crippen LogP contribution in [0.3, 0.4) is 0 Å². The molecule has 0 N–H and O–H groups in total. The zero-order chi connectivity index (χ0) is 20.1. The topological polar surface area (TPSA) is 63.4 Å². The highest BCUT2D eigenvalue weighted by molar-refractivity contribution is 6.10. The molecule has 0 saturated carbocycles. The number of carbonyl (C=O) groups excluding carboxylic acids is 1. The zero-order valence-electron chi connectivity index (χ0n) is 16.0. The third-order valence-corrected chi connectivity index (χ3v) is 5.29. The number of amides is 1. The number of anilines is 1.